The first-order valence-corrected chi connectivity index (χ1v) is 12.3. The second kappa shape index (κ2) is 9.69. The van der Waals surface area contributed by atoms with Crippen LogP contribution < -0.4 is 10.9 Å². The quantitative estimate of drug-likeness (QED) is 0.273. The molecule has 1 aromatic carbocycles. The van der Waals surface area contributed by atoms with Crippen LogP contribution in [0.5, 0.6) is 0 Å². The minimum Gasteiger partial charge on any atom is -0.467 e. The molecule has 0 atom stereocenters. The monoisotopic (exact) mass is 522 g/mol. The van der Waals surface area contributed by atoms with Crippen molar-refractivity contribution in [1.29, 1.82) is 0 Å². The van der Waals surface area contributed by atoms with Crippen molar-refractivity contribution in [2.24, 2.45) is 0 Å². The van der Waals surface area contributed by atoms with Crippen LogP contribution in [0, 0.1) is 6.92 Å². The third kappa shape index (κ3) is 4.62. The first-order chi connectivity index (χ1) is 16.9. The van der Waals surface area contributed by atoms with E-state index in [2.05, 4.69) is 5.32 Å². The molecule has 5 rings (SSSR count). The number of amides is 1. The average molecular weight is 523 g/mol. The van der Waals surface area contributed by atoms with Crippen molar-refractivity contribution in [3.63, 3.8) is 0 Å². The first-order valence-electron chi connectivity index (χ1n) is 10.7. The number of nitrogens with zero attached hydrogens (tertiary/aromatic N) is 3. The van der Waals surface area contributed by atoms with E-state index >= 15 is 0 Å². The van der Waals surface area contributed by atoms with Gasteiger partial charge < -0.3 is 9.73 Å². The zero-order chi connectivity index (χ0) is 24.5. The van der Waals surface area contributed by atoms with Gasteiger partial charge in [-0.2, -0.15) is 0 Å². The number of hydrogen-bond acceptors (Lipinski definition) is 7. The molecule has 7 nitrogen and oxygen atoms in total. The Bertz CT molecular complexity index is 1550. The van der Waals surface area contributed by atoms with Crippen LogP contribution >= 0.6 is 35.6 Å². The lowest BCUT2D eigenvalue weighted by Crippen LogP contribution is -2.27. The topological polar surface area (TPSA) is 79.9 Å². The number of carbonyl (C=O) groups excluding carboxylic acids is 1. The lowest BCUT2D eigenvalue weighted by molar-refractivity contribution is -0.122. The summed E-state index contributed by atoms with van der Waals surface area (Å²) >= 11 is 12.9. The fourth-order valence-electron chi connectivity index (χ4n) is 3.72. The van der Waals surface area contributed by atoms with Gasteiger partial charge in [-0.15, -0.1) is 0 Å². The highest BCUT2D eigenvalue weighted by Gasteiger charge is 2.33. The Labute approximate surface area is 215 Å². The summed E-state index contributed by atoms with van der Waals surface area (Å²) in [4.78, 5) is 33.3. The van der Waals surface area contributed by atoms with Gasteiger partial charge >= 0.3 is 0 Å². The Morgan fingerprint density at radius 2 is 2.00 bits per heavy atom. The van der Waals surface area contributed by atoms with Gasteiger partial charge in [-0.3, -0.25) is 18.9 Å². The summed E-state index contributed by atoms with van der Waals surface area (Å²) < 4.78 is 7.27. The second-order valence-electron chi connectivity index (χ2n) is 7.86. The number of thiocarbonyl (C=S) groups is 1. The molecule has 176 valence electrons. The summed E-state index contributed by atoms with van der Waals surface area (Å²) in [5.74, 6) is 0.761. The van der Waals surface area contributed by atoms with E-state index in [-0.39, 0.29) is 23.6 Å². The number of anilines is 1. The molecule has 0 unspecified atom stereocenters. The Morgan fingerprint density at radius 3 is 2.77 bits per heavy atom. The fourth-order valence-corrected chi connectivity index (χ4v) is 5.16. The van der Waals surface area contributed by atoms with Crippen LogP contribution in [-0.2, 0) is 17.9 Å². The van der Waals surface area contributed by atoms with E-state index in [4.69, 9.17) is 33.2 Å². The molecular formula is C25H19ClN4O3S2. The van der Waals surface area contributed by atoms with E-state index in [1.54, 1.807) is 36.7 Å². The smallest absolute Gasteiger partial charge is 0.267 e. The molecule has 3 aromatic heterocycles. The van der Waals surface area contributed by atoms with Crippen molar-refractivity contribution in [2.45, 2.75) is 20.0 Å². The fraction of sp³-hybridized carbons (Fsp3) is 0.120. The number of pyridine rings is 1. The van der Waals surface area contributed by atoms with Gasteiger partial charge in [-0.05, 0) is 48.4 Å². The second-order valence-corrected chi connectivity index (χ2v) is 9.94. The van der Waals surface area contributed by atoms with E-state index in [0.717, 1.165) is 22.9 Å². The van der Waals surface area contributed by atoms with Crippen molar-refractivity contribution in [3.05, 3.63) is 104 Å². The lowest BCUT2D eigenvalue weighted by Gasteiger charge is -2.15. The molecule has 0 saturated carbocycles. The summed E-state index contributed by atoms with van der Waals surface area (Å²) in [7, 11) is 0. The molecule has 0 aliphatic carbocycles. The number of benzene rings is 1. The number of furan rings is 1. The van der Waals surface area contributed by atoms with Gasteiger partial charge in [0.1, 0.15) is 21.5 Å². The lowest BCUT2D eigenvalue weighted by atomic mass is 10.2. The van der Waals surface area contributed by atoms with Crippen molar-refractivity contribution in [3.8, 4) is 0 Å². The number of aryl methyl sites for hydroxylation is 1. The maximum atomic E-state index is 13.5. The normalized spacial score (nSPS) is 14.9. The zero-order valence-corrected chi connectivity index (χ0v) is 20.9. The zero-order valence-electron chi connectivity index (χ0n) is 18.5. The van der Waals surface area contributed by atoms with Gasteiger partial charge in [0.2, 0.25) is 0 Å². The molecule has 1 aliphatic rings. The SMILES string of the molecule is Cc1cccn2c(=O)c(/C=C3/SC(=S)N(Cc4ccccc4Cl)C3=O)c(NCc3ccco3)nc12. The number of aromatic nitrogens is 2. The summed E-state index contributed by atoms with van der Waals surface area (Å²) in [6.45, 7) is 2.47. The van der Waals surface area contributed by atoms with Crippen LogP contribution in [0.1, 0.15) is 22.5 Å². The number of hydrogen-bond donors (Lipinski definition) is 1. The molecule has 1 N–H and O–H groups in total. The molecule has 1 fully saturated rings. The number of carbonyl (C=O) groups is 1. The van der Waals surface area contributed by atoms with Gasteiger partial charge in [0.15, 0.2) is 0 Å². The maximum Gasteiger partial charge on any atom is 0.267 e. The van der Waals surface area contributed by atoms with Crippen LogP contribution in [0.25, 0.3) is 11.7 Å². The molecule has 0 bridgehead atoms. The highest BCUT2D eigenvalue weighted by molar-refractivity contribution is 8.26. The molecule has 1 amide bonds. The van der Waals surface area contributed by atoms with E-state index < -0.39 is 0 Å². The minimum atomic E-state index is -0.294. The van der Waals surface area contributed by atoms with Crippen LogP contribution in [0.3, 0.4) is 0 Å². The molecule has 10 heteroatoms. The Hall–Kier alpha value is -3.40. The highest BCUT2D eigenvalue weighted by Crippen LogP contribution is 2.35. The number of halogens is 1. The average Bonchev–Trinajstić information content (AvgIpc) is 3.45. The first kappa shape index (κ1) is 23.3. The van der Waals surface area contributed by atoms with Crippen LogP contribution in [0.2, 0.25) is 5.02 Å². The summed E-state index contributed by atoms with van der Waals surface area (Å²) in [5.41, 5.74) is 2.14. The van der Waals surface area contributed by atoms with Crippen molar-refractivity contribution in [2.75, 3.05) is 5.32 Å². The largest absolute Gasteiger partial charge is 0.467 e. The molecule has 4 aromatic rings. The predicted molar refractivity (Wildman–Crippen MR) is 142 cm³/mol. The van der Waals surface area contributed by atoms with Gasteiger partial charge in [0, 0.05) is 11.2 Å². The van der Waals surface area contributed by atoms with Crippen LogP contribution in [-0.4, -0.2) is 24.5 Å². The molecule has 1 saturated heterocycles. The Kier molecular flexibility index (Phi) is 6.46. The van der Waals surface area contributed by atoms with Crippen molar-refractivity contribution < 1.29 is 9.21 Å². The van der Waals surface area contributed by atoms with Gasteiger partial charge in [0.05, 0.1) is 29.8 Å². The van der Waals surface area contributed by atoms with Gasteiger partial charge in [0.25, 0.3) is 11.5 Å². The van der Waals surface area contributed by atoms with Crippen LogP contribution in [0.4, 0.5) is 5.82 Å². The van der Waals surface area contributed by atoms with Gasteiger partial charge in [-0.25, -0.2) is 4.98 Å². The number of thioether (sulfide) groups is 1. The predicted octanol–water partition coefficient (Wildman–Crippen LogP) is 5.26. The minimum absolute atomic E-state index is 0.249. The molecule has 4 heterocycles. The molecule has 0 radical (unpaired) electrons. The molecular weight excluding hydrogens is 504 g/mol. The number of rotatable bonds is 6. The third-order valence-electron chi connectivity index (χ3n) is 5.53. The number of nitrogens with one attached hydrogen (secondary N) is 1. The standard InChI is InChI=1S/C25H19ClN4O3S2/c1-15-6-4-10-29-22(15)28-21(27-13-17-8-5-11-33-17)18(23(29)31)12-20-24(32)30(25(34)35-20)14-16-7-2-3-9-19(16)26/h2-12,27H,13-14H2,1H3/b20-12+. The van der Waals surface area contributed by atoms with Crippen LogP contribution in [0.15, 0.2) is 75.1 Å². The van der Waals surface area contributed by atoms with E-state index in [1.165, 1.54) is 9.30 Å². The van der Waals surface area contributed by atoms with E-state index in [0.29, 0.717) is 38.0 Å². The molecule has 1 aliphatic heterocycles. The summed E-state index contributed by atoms with van der Waals surface area (Å²) in [6, 6.07) is 14.6. The Balaban J connectivity index is 1.54. The maximum absolute atomic E-state index is 13.5. The molecule has 35 heavy (non-hydrogen) atoms. The summed E-state index contributed by atoms with van der Waals surface area (Å²) in [5, 5.41) is 3.74. The van der Waals surface area contributed by atoms with E-state index in [1.807, 2.05) is 37.3 Å². The number of fused-ring (bicyclic) bond motifs is 1. The summed E-state index contributed by atoms with van der Waals surface area (Å²) in [6.07, 6.45) is 4.80. The Morgan fingerprint density at radius 1 is 1.17 bits per heavy atom. The van der Waals surface area contributed by atoms with Crippen molar-refractivity contribution >= 4 is 63.3 Å². The highest BCUT2D eigenvalue weighted by atomic mass is 35.5. The molecule has 0 spiro atoms. The van der Waals surface area contributed by atoms with Crippen molar-refractivity contribution in [1.82, 2.24) is 14.3 Å². The third-order valence-corrected chi connectivity index (χ3v) is 7.28. The van der Waals surface area contributed by atoms with E-state index in [9.17, 15) is 9.59 Å². The van der Waals surface area contributed by atoms with Gasteiger partial charge in [-0.1, -0.05) is 59.8 Å².